The van der Waals surface area contributed by atoms with E-state index >= 15 is 0 Å². The van der Waals surface area contributed by atoms with Crippen LogP contribution >= 0.6 is 0 Å². The van der Waals surface area contributed by atoms with E-state index in [1.54, 1.807) is 26.0 Å². The lowest BCUT2D eigenvalue weighted by Gasteiger charge is -2.25. The van der Waals surface area contributed by atoms with Crippen molar-refractivity contribution in [2.75, 3.05) is 0 Å². The maximum atomic E-state index is 13.8. The molecule has 3 aromatic carbocycles. The van der Waals surface area contributed by atoms with Gasteiger partial charge >= 0.3 is 0 Å². The average Bonchev–Trinajstić information content (AvgIpc) is 3.69. The van der Waals surface area contributed by atoms with Crippen LogP contribution in [0, 0.1) is 5.82 Å². The monoisotopic (exact) mass is 563 g/mol. The number of benzene rings is 3. The molecule has 0 spiro atoms. The molecule has 1 atom stereocenters. The number of aromatic nitrogens is 5. The Balaban J connectivity index is 1.38. The number of hydrogen-bond acceptors (Lipinski definition) is 4. The van der Waals surface area contributed by atoms with Crippen LogP contribution in [0.5, 0.6) is 0 Å². The van der Waals surface area contributed by atoms with Crippen LogP contribution in [0.25, 0.3) is 21.8 Å². The predicted molar refractivity (Wildman–Crippen MR) is 162 cm³/mol. The average molecular weight is 564 g/mol. The summed E-state index contributed by atoms with van der Waals surface area (Å²) in [5.41, 5.74) is 10.4. The summed E-state index contributed by atoms with van der Waals surface area (Å²) in [5, 5.41) is 14.7. The van der Waals surface area contributed by atoms with E-state index in [2.05, 4.69) is 43.7 Å². The molecule has 0 aliphatic carbocycles. The van der Waals surface area contributed by atoms with E-state index in [1.807, 2.05) is 47.3 Å². The zero-order chi connectivity index (χ0) is 29.3. The Morgan fingerprint density at radius 1 is 0.905 bits per heavy atom. The predicted octanol–water partition coefficient (Wildman–Crippen LogP) is 5.35. The van der Waals surface area contributed by atoms with E-state index in [0.29, 0.717) is 25.2 Å². The van der Waals surface area contributed by atoms with Crippen molar-refractivity contribution >= 4 is 27.7 Å². The summed E-state index contributed by atoms with van der Waals surface area (Å²) >= 11 is 0. The molecule has 3 heterocycles. The molecule has 9 heteroatoms. The van der Waals surface area contributed by atoms with Crippen molar-refractivity contribution in [1.82, 2.24) is 30.0 Å². The molecule has 6 aromatic rings. The lowest BCUT2D eigenvalue weighted by molar-refractivity contribution is -0.126. The van der Waals surface area contributed by atoms with Gasteiger partial charge < -0.3 is 25.6 Å². The van der Waals surface area contributed by atoms with Crippen LogP contribution < -0.4 is 11.1 Å². The number of nitrogens with two attached hydrogens (primary N) is 1. The number of nitrogens with zero attached hydrogens (tertiary/aromatic N) is 3. The van der Waals surface area contributed by atoms with Gasteiger partial charge in [0.15, 0.2) is 5.82 Å². The fraction of sp³-hybridized carbons (Fsp3) is 0.242. The topological polar surface area (TPSA) is 117 Å². The zero-order valence-electron chi connectivity index (χ0n) is 23.7. The van der Waals surface area contributed by atoms with E-state index in [4.69, 9.17) is 5.73 Å². The molecule has 6 rings (SSSR count). The second-order valence-electron chi connectivity index (χ2n) is 11.4. The standard InChI is InChI=1S/C33H34FN7O/c1-33(2,35)32(42)38-29(17-23-19-37-28-10-6-4-8-26(23)28)31-40-39-30(41(31)20-21-11-14-24(34)15-12-21)16-13-22-18-36-27-9-5-3-7-25(22)27/h3-12,14-15,18-19,29,36-37H,13,16-17,20,35H2,1-2H3,(H,38,42)/t29-/m1/s1. The van der Waals surface area contributed by atoms with Gasteiger partial charge in [-0.2, -0.15) is 0 Å². The Bertz CT molecular complexity index is 1840. The number of H-pyrrole nitrogens is 2. The molecule has 8 nitrogen and oxygen atoms in total. The van der Waals surface area contributed by atoms with Gasteiger partial charge in [0.25, 0.3) is 0 Å². The first kappa shape index (κ1) is 27.4. The molecule has 0 bridgehead atoms. The Morgan fingerprint density at radius 3 is 2.19 bits per heavy atom. The Morgan fingerprint density at radius 2 is 1.52 bits per heavy atom. The first-order valence-corrected chi connectivity index (χ1v) is 14.1. The number of aromatic amines is 2. The van der Waals surface area contributed by atoms with Crippen LogP contribution in [0.4, 0.5) is 4.39 Å². The van der Waals surface area contributed by atoms with Crippen molar-refractivity contribution < 1.29 is 9.18 Å². The highest BCUT2D eigenvalue weighted by Gasteiger charge is 2.29. The summed E-state index contributed by atoms with van der Waals surface area (Å²) in [6, 6.07) is 22.2. The molecular formula is C33H34FN7O. The van der Waals surface area contributed by atoms with Crippen LogP contribution in [0.3, 0.4) is 0 Å². The first-order valence-electron chi connectivity index (χ1n) is 14.1. The van der Waals surface area contributed by atoms with Crippen molar-refractivity contribution in [1.29, 1.82) is 0 Å². The van der Waals surface area contributed by atoms with Crippen LogP contribution in [-0.2, 0) is 30.6 Å². The Labute approximate surface area is 243 Å². The van der Waals surface area contributed by atoms with E-state index < -0.39 is 11.6 Å². The summed E-state index contributed by atoms with van der Waals surface area (Å²) < 4.78 is 15.8. The fourth-order valence-corrected chi connectivity index (χ4v) is 5.39. The number of para-hydroxylation sites is 2. The lowest BCUT2D eigenvalue weighted by Crippen LogP contribution is -2.50. The number of halogens is 1. The number of carbonyl (C=O) groups excluding carboxylic acids is 1. The van der Waals surface area contributed by atoms with Crippen LogP contribution in [-0.4, -0.2) is 36.2 Å². The van der Waals surface area contributed by atoms with Crippen molar-refractivity contribution in [3.63, 3.8) is 0 Å². The molecule has 5 N–H and O–H groups in total. The van der Waals surface area contributed by atoms with Gasteiger partial charge in [-0.25, -0.2) is 4.39 Å². The van der Waals surface area contributed by atoms with Crippen LogP contribution in [0.1, 0.15) is 48.2 Å². The third-order valence-corrected chi connectivity index (χ3v) is 7.70. The number of fused-ring (bicyclic) bond motifs is 2. The molecule has 214 valence electrons. The largest absolute Gasteiger partial charge is 0.361 e. The van der Waals surface area contributed by atoms with Gasteiger partial charge in [-0.05, 0) is 61.2 Å². The zero-order valence-corrected chi connectivity index (χ0v) is 23.7. The number of nitrogens with one attached hydrogen (secondary N) is 3. The molecule has 0 unspecified atom stereocenters. The molecule has 0 fully saturated rings. The molecule has 3 aromatic heterocycles. The van der Waals surface area contributed by atoms with Gasteiger partial charge in [0, 0.05) is 47.0 Å². The molecule has 42 heavy (non-hydrogen) atoms. The minimum Gasteiger partial charge on any atom is -0.361 e. The third-order valence-electron chi connectivity index (χ3n) is 7.70. The SMILES string of the molecule is CC(C)(N)C(=O)N[C@H](Cc1c[nH]c2ccccc12)c1nnc(CCc2c[nH]c3ccccc23)n1Cc1ccc(F)cc1. The molecule has 0 aliphatic rings. The fourth-order valence-electron chi connectivity index (χ4n) is 5.39. The van der Waals surface area contributed by atoms with Crippen molar-refractivity contribution in [2.24, 2.45) is 5.73 Å². The van der Waals surface area contributed by atoms with Crippen molar-refractivity contribution in [2.45, 2.75) is 51.2 Å². The highest BCUT2D eigenvalue weighted by atomic mass is 19.1. The van der Waals surface area contributed by atoms with Crippen LogP contribution in [0.2, 0.25) is 0 Å². The smallest absolute Gasteiger partial charge is 0.240 e. The number of carbonyl (C=O) groups is 1. The summed E-state index contributed by atoms with van der Waals surface area (Å²) in [5.74, 6) is 0.821. The number of hydrogen-bond donors (Lipinski definition) is 4. The van der Waals surface area contributed by atoms with Gasteiger partial charge in [-0.15, -0.1) is 10.2 Å². The quantitative estimate of drug-likeness (QED) is 0.180. The summed E-state index contributed by atoms with van der Waals surface area (Å²) in [6.07, 6.45) is 5.87. The van der Waals surface area contributed by atoms with E-state index in [-0.39, 0.29) is 11.7 Å². The minimum atomic E-state index is -1.08. The number of aryl methyl sites for hydroxylation is 2. The Kier molecular flexibility index (Phi) is 7.34. The second kappa shape index (κ2) is 11.3. The molecule has 0 aliphatic heterocycles. The molecular weight excluding hydrogens is 529 g/mol. The van der Waals surface area contributed by atoms with Crippen molar-refractivity contribution in [3.8, 4) is 0 Å². The van der Waals surface area contributed by atoms with E-state index in [0.717, 1.165) is 39.8 Å². The van der Waals surface area contributed by atoms with Gasteiger partial charge in [0.2, 0.25) is 5.91 Å². The highest BCUT2D eigenvalue weighted by Crippen LogP contribution is 2.26. The van der Waals surface area contributed by atoms with Gasteiger partial charge in [-0.1, -0.05) is 48.5 Å². The minimum absolute atomic E-state index is 0.288. The normalized spacial score (nSPS) is 12.7. The maximum absolute atomic E-state index is 13.8. The van der Waals surface area contributed by atoms with E-state index in [9.17, 15) is 9.18 Å². The lowest BCUT2D eigenvalue weighted by atomic mass is 10.0. The summed E-state index contributed by atoms with van der Waals surface area (Å²) in [7, 11) is 0. The summed E-state index contributed by atoms with van der Waals surface area (Å²) in [6.45, 7) is 3.79. The highest BCUT2D eigenvalue weighted by molar-refractivity contribution is 5.86. The number of amides is 1. The van der Waals surface area contributed by atoms with E-state index in [1.165, 1.54) is 23.1 Å². The van der Waals surface area contributed by atoms with Gasteiger partial charge in [0.05, 0.1) is 18.1 Å². The third kappa shape index (κ3) is 5.69. The second-order valence-corrected chi connectivity index (χ2v) is 11.4. The Hall–Kier alpha value is -4.76. The first-order chi connectivity index (χ1) is 20.3. The maximum Gasteiger partial charge on any atom is 0.240 e. The summed E-state index contributed by atoms with van der Waals surface area (Å²) in [4.78, 5) is 19.9. The van der Waals surface area contributed by atoms with Gasteiger partial charge in [0.1, 0.15) is 11.6 Å². The van der Waals surface area contributed by atoms with Crippen molar-refractivity contribution in [3.05, 3.63) is 119 Å². The molecule has 0 radical (unpaired) electrons. The molecule has 0 saturated carbocycles. The van der Waals surface area contributed by atoms with Crippen LogP contribution in [0.15, 0.2) is 85.2 Å². The molecule has 1 amide bonds. The molecule has 0 saturated heterocycles. The van der Waals surface area contributed by atoms with Gasteiger partial charge in [-0.3, -0.25) is 4.79 Å². The number of rotatable bonds is 10.